The maximum Gasteiger partial charge on any atom is 0.282 e. The van der Waals surface area contributed by atoms with E-state index in [-0.39, 0.29) is 12.4 Å². The molecule has 0 amide bonds. The second-order valence-corrected chi connectivity index (χ2v) is 2.24. The van der Waals surface area contributed by atoms with Gasteiger partial charge in [-0.3, -0.25) is 0 Å². The van der Waals surface area contributed by atoms with Crippen molar-refractivity contribution in [3.63, 3.8) is 0 Å². The Balaban J connectivity index is -0.000000177. The first-order valence-corrected chi connectivity index (χ1v) is 3.83. The van der Waals surface area contributed by atoms with Gasteiger partial charge < -0.3 is 15.1 Å². The smallest absolute Gasteiger partial charge is 0.282 e. The maximum atomic E-state index is 8.03. The van der Waals surface area contributed by atoms with E-state index in [0.717, 1.165) is 6.42 Å². The Kier molecular flexibility index (Phi) is 20.0. The van der Waals surface area contributed by atoms with E-state index in [1.165, 1.54) is 13.8 Å². The molecule has 2 radical (unpaired) electrons. The molecule has 0 aromatic rings. The first-order chi connectivity index (χ1) is 6.13. The number of nitrogens with zero attached hydrogens (tertiary/aromatic N) is 2. The van der Waals surface area contributed by atoms with Crippen LogP contribution in [0.15, 0.2) is 10.3 Å². The van der Waals surface area contributed by atoms with Crippen molar-refractivity contribution in [2.45, 2.75) is 27.2 Å². The summed E-state index contributed by atoms with van der Waals surface area (Å²) < 4.78 is 4.19. The van der Waals surface area contributed by atoms with Gasteiger partial charge in [0.2, 0.25) is 0 Å². The largest absolute Gasteiger partial charge is 0.448 e. The lowest BCUT2D eigenvalue weighted by Gasteiger charge is -1.88. The van der Waals surface area contributed by atoms with E-state index in [1.807, 2.05) is 6.92 Å². The summed E-state index contributed by atoms with van der Waals surface area (Å²) in [6, 6.07) is 0. The normalized spacial score (nSPS) is 11.1. The van der Waals surface area contributed by atoms with Gasteiger partial charge in [-0.05, 0) is 20.3 Å². The molecule has 82 valence electrons. The van der Waals surface area contributed by atoms with E-state index >= 15 is 0 Å². The molecule has 2 N–H and O–H groups in total. The standard InChI is InChI=1S/C4H8N2O2.C3H7BO.ClH/c1-3(5-7)4(2)6-8;1-2-3-5-4;/h7-8H,1-2H3;2-3H2,1H3;1H. The monoisotopic (exact) mass is 222 g/mol. The van der Waals surface area contributed by atoms with E-state index in [4.69, 9.17) is 10.4 Å². The summed E-state index contributed by atoms with van der Waals surface area (Å²) in [5.74, 6) is 0. The molecular formula is C7H16BClN2O3. The van der Waals surface area contributed by atoms with E-state index in [0.29, 0.717) is 18.0 Å². The van der Waals surface area contributed by atoms with E-state index in [9.17, 15) is 0 Å². The average molecular weight is 222 g/mol. The van der Waals surface area contributed by atoms with Crippen LogP contribution in [-0.2, 0) is 4.65 Å². The highest BCUT2D eigenvalue weighted by Gasteiger charge is 1.93. The summed E-state index contributed by atoms with van der Waals surface area (Å²) in [5, 5.41) is 21.6. The highest BCUT2D eigenvalue weighted by atomic mass is 35.5. The fourth-order valence-electron chi connectivity index (χ4n) is 0.263. The lowest BCUT2D eigenvalue weighted by Crippen LogP contribution is -2.04. The van der Waals surface area contributed by atoms with Gasteiger partial charge in [-0.25, -0.2) is 0 Å². The number of halogens is 1. The predicted molar refractivity (Wildman–Crippen MR) is 59.0 cm³/mol. The average Bonchev–Trinajstić information content (AvgIpc) is 2.17. The fourth-order valence-corrected chi connectivity index (χ4v) is 0.263. The van der Waals surface area contributed by atoms with E-state index < -0.39 is 0 Å². The molecule has 7 heteroatoms. The van der Waals surface area contributed by atoms with Gasteiger partial charge in [0.15, 0.2) is 0 Å². The summed E-state index contributed by atoms with van der Waals surface area (Å²) in [4.78, 5) is 0. The quantitative estimate of drug-likeness (QED) is 0.330. The van der Waals surface area contributed by atoms with Gasteiger partial charge in [0.1, 0.15) is 11.4 Å². The molecule has 0 fully saturated rings. The zero-order valence-electron chi connectivity index (χ0n) is 8.60. The molecule has 14 heavy (non-hydrogen) atoms. The third kappa shape index (κ3) is 13.8. The van der Waals surface area contributed by atoms with Crippen molar-refractivity contribution >= 4 is 31.9 Å². The van der Waals surface area contributed by atoms with Crippen molar-refractivity contribution in [3.05, 3.63) is 0 Å². The van der Waals surface area contributed by atoms with Gasteiger partial charge in [-0.15, -0.1) is 12.4 Å². The lowest BCUT2D eigenvalue weighted by molar-refractivity contribution is 0.313. The summed E-state index contributed by atoms with van der Waals surface area (Å²) in [6.07, 6.45) is 0.997. The molecule has 0 bridgehead atoms. The van der Waals surface area contributed by atoms with Crippen molar-refractivity contribution < 1.29 is 15.1 Å². The Morgan fingerprint density at radius 2 is 1.57 bits per heavy atom. The first kappa shape index (κ1) is 18.9. The number of rotatable bonds is 3. The van der Waals surface area contributed by atoms with Crippen molar-refractivity contribution in [1.29, 1.82) is 0 Å². The van der Waals surface area contributed by atoms with E-state index in [2.05, 4.69) is 23.0 Å². The minimum Gasteiger partial charge on any atom is -0.448 e. The minimum atomic E-state index is 0. The highest BCUT2D eigenvalue weighted by molar-refractivity contribution is 6.40. The third-order valence-electron chi connectivity index (χ3n) is 1.15. The molecule has 0 spiro atoms. The predicted octanol–water partition coefficient (Wildman–Crippen LogP) is 1.60. The van der Waals surface area contributed by atoms with Crippen LogP contribution in [0.25, 0.3) is 0 Å². The molecule has 0 saturated heterocycles. The fraction of sp³-hybridized carbons (Fsp3) is 0.714. The Labute approximate surface area is 91.7 Å². The van der Waals surface area contributed by atoms with Gasteiger partial charge in [0.05, 0.1) is 0 Å². The zero-order valence-corrected chi connectivity index (χ0v) is 9.41. The molecule has 0 unspecified atom stereocenters. The second kappa shape index (κ2) is 14.8. The van der Waals surface area contributed by atoms with Gasteiger partial charge >= 0.3 is 0 Å². The van der Waals surface area contributed by atoms with Crippen molar-refractivity contribution in [2.75, 3.05) is 6.61 Å². The third-order valence-corrected chi connectivity index (χ3v) is 1.15. The van der Waals surface area contributed by atoms with Crippen molar-refractivity contribution in [3.8, 4) is 0 Å². The van der Waals surface area contributed by atoms with Gasteiger partial charge in [-0.2, -0.15) is 0 Å². The number of hydrogen-bond donors (Lipinski definition) is 2. The summed E-state index contributed by atoms with van der Waals surface area (Å²) in [6.45, 7) is 5.75. The van der Waals surface area contributed by atoms with Gasteiger partial charge in [-0.1, -0.05) is 17.2 Å². The SMILES string of the molecule is CC(=NO)C(C)=NO.Cl.[B]OCCC. The molecule has 5 nitrogen and oxygen atoms in total. The van der Waals surface area contributed by atoms with Crippen LogP contribution < -0.4 is 0 Å². The van der Waals surface area contributed by atoms with Crippen LogP contribution in [-0.4, -0.2) is 36.5 Å². The van der Waals surface area contributed by atoms with Gasteiger partial charge in [0.25, 0.3) is 8.05 Å². The maximum absolute atomic E-state index is 8.03. The molecule has 0 aromatic carbocycles. The molecule has 0 rings (SSSR count). The van der Waals surface area contributed by atoms with Crippen LogP contribution in [0, 0.1) is 0 Å². The van der Waals surface area contributed by atoms with Gasteiger partial charge in [0, 0.05) is 6.61 Å². The first-order valence-electron chi connectivity index (χ1n) is 3.83. The molecule has 0 aliphatic rings. The molecular weight excluding hydrogens is 206 g/mol. The van der Waals surface area contributed by atoms with Crippen LogP contribution in [0.1, 0.15) is 27.2 Å². The van der Waals surface area contributed by atoms with Crippen LogP contribution in [0.3, 0.4) is 0 Å². The molecule has 0 saturated carbocycles. The summed E-state index contributed by atoms with van der Waals surface area (Å²) in [7, 11) is 4.64. The number of hydrogen-bond acceptors (Lipinski definition) is 5. The minimum absolute atomic E-state index is 0. The Morgan fingerprint density at radius 1 is 1.21 bits per heavy atom. The second-order valence-electron chi connectivity index (χ2n) is 2.24. The van der Waals surface area contributed by atoms with Crippen LogP contribution >= 0.6 is 12.4 Å². The van der Waals surface area contributed by atoms with Crippen LogP contribution in [0.5, 0.6) is 0 Å². The van der Waals surface area contributed by atoms with E-state index in [1.54, 1.807) is 0 Å². The number of oxime groups is 2. The summed E-state index contributed by atoms with van der Waals surface area (Å²) >= 11 is 0. The Morgan fingerprint density at radius 3 is 1.64 bits per heavy atom. The molecule has 0 atom stereocenters. The zero-order chi connectivity index (χ0) is 10.7. The molecule has 0 heterocycles. The topological polar surface area (TPSA) is 74.4 Å². The van der Waals surface area contributed by atoms with Crippen molar-refractivity contribution in [1.82, 2.24) is 0 Å². The lowest BCUT2D eigenvalue weighted by atomic mass is 10.3. The summed E-state index contributed by atoms with van der Waals surface area (Å²) in [5.41, 5.74) is 0.625. The molecule has 0 aliphatic carbocycles. The molecule has 0 aromatic heterocycles. The Bertz CT molecular complexity index is 158. The highest BCUT2D eigenvalue weighted by Crippen LogP contribution is 1.79. The Hall–Kier alpha value is -0.745. The molecule has 0 aliphatic heterocycles. The van der Waals surface area contributed by atoms with Crippen LogP contribution in [0.2, 0.25) is 0 Å². The van der Waals surface area contributed by atoms with Crippen molar-refractivity contribution in [2.24, 2.45) is 10.3 Å². The van der Waals surface area contributed by atoms with Crippen LogP contribution in [0.4, 0.5) is 0 Å².